The van der Waals surface area contributed by atoms with E-state index in [1.807, 2.05) is 60.7 Å². The molecule has 0 aliphatic carbocycles. The molecule has 1 N–H and O–H groups in total. The van der Waals surface area contributed by atoms with Gasteiger partial charge in [0.2, 0.25) is 5.91 Å². The summed E-state index contributed by atoms with van der Waals surface area (Å²) in [6.45, 7) is 0.0956. The fraction of sp³-hybridized carbons (Fsp3) is 0.161. The number of hydrogen-bond acceptors (Lipinski definition) is 4. The van der Waals surface area contributed by atoms with Crippen LogP contribution in [-0.2, 0) is 22.7 Å². The standard InChI is InChI=1S/C31H29FN2O4/c1-37-27-18-14-23(15-19-27)20-33-31(36)30(25-8-4-2-5-9-25)34(21-24-12-16-26(32)17-13-24)29(35)22-38-28-10-6-3-7-11-28/h2-19,30H,20-22H2,1H3,(H,33,36). The Morgan fingerprint density at radius 2 is 1.39 bits per heavy atom. The minimum atomic E-state index is -0.939. The molecule has 1 atom stereocenters. The maximum absolute atomic E-state index is 13.7. The number of hydrogen-bond donors (Lipinski definition) is 1. The van der Waals surface area contributed by atoms with Crippen molar-refractivity contribution in [1.82, 2.24) is 10.2 Å². The molecule has 2 amide bonds. The molecule has 0 fully saturated rings. The number of benzene rings is 4. The number of amides is 2. The molecule has 4 rings (SSSR count). The lowest BCUT2D eigenvalue weighted by Gasteiger charge is -2.31. The van der Waals surface area contributed by atoms with Gasteiger partial charge in [0.15, 0.2) is 6.61 Å². The van der Waals surface area contributed by atoms with Crippen molar-refractivity contribution in [3.63, 3.8) is 0 Å². The van der Waals surface area contributed by atoms with E-state index in [1.54, 1.807) is 43.5 Å². The Balaban J connectivity index is 1.61. The molecule has 0 spiro atoms. The summed E-state index contributed by atoms with van der Waals surface area (Å²) in [6, 6.07) is 30.4. The molecule has 0 saturated carbocycles. The molecule has 6 nitrogen and oxygen atoms in total. The Kier molecular flexibility index (Phi) is 9.07. The second-order valence-electron chi connectivity index (χ2n) is 8.63. The third kappa shape index (κ3) is 7.20. The van der Waals surface area contributed by atoms with E-state index in [9.17, 15) is 14.0 Å². The molecular weight excluding hydrogens is 483 g/mol. The van der Waals surface area contributed by atoms with Crippen LogP contribution in [0.25, 0.3) is 0 Å². The van der Waals surface area contributed by atoms with E-state index in [1.165, 1.54) is 17.0 Å². The van der Waals surface area contributed by atoms with Crippen molar-refractivity contribution >= 4 is 11.8 Å². The number of carbonyl (C=O) groups is 2. The van der Waals surface area contributed by atoms with Gasteiger partial charge in [0.05, 0.1) is 7.11 Å². The fourth-order valence-electron chi connectivity index (χ4n) is 3.99. The molecule has 7 heteroatoms. The molecule has 0 radical (unpaired) electrons. The third-order valence-corrected chi connectivity index (χ3v) is 5.99. The monoisotopic (exact) mass is 512 g/mol. The van der Waals surface area contributed by atoms with Crippen LogP contribution in [0.3, 0.4) is 0 Å². The largest absolute Gasteiger partial charge is 0.497 e. The van der Waals surface area contributed by atoms with Crippen LogP contribution in [0.15, 0.2) is 109 Å². The van der Waals surface area contributed by atoms with Gasteiger partial charge in [0.25, 0.3) is 5.91 Å². The predicted molar refractivity (Wildman–Crippen MR) is 143 cm³/mol. The number of methoxy groups -OCH3 is 1. The number of rotatable bonds is 11. The van der Waals surface area contributed by atoms with Crippen LogP contribution in [-0.4, -0.2) is 30.4 Å². The summed E-state index contributed by atoms with van der Waals surface area (Å²) in [5, 5.41) is 2.96. The Bertz CT molecular complexity index is 1310. The van der Waals surface area contributed by atoms with Gasteiger partial charge in [-0.15, -0.1) is 0 Å². The van der Waals surface area contributed by atoms with Crippen molar-refractivity contribution in [2.24, 2.45) is 0 Å². The Morgan fingerprint density at radius 3 is 2.03 bits per heavy atom. The lowest BCUT2D eigenvalue weighted by molar-refractivity contribution is -0.143. The quantitative estimate of drug-likeness (QED) is 0.296. The Labute approximate surface area is 221 Å². The minimum absolute atomic E-state index is 0.0901. The van der Waals surface area contributed by atoms with E-state index in [4.69, 9.17) is 9.47 Å². The van der Waals surface area contributed by atoms with E-state index in [2.05, 4.69) is 5.32 Å². The molecule has 0 aliphatic rings. The zero-order valence-electron chi connectivity index (χ0n) is 21.0. The lowest BCUT2D eigenvalue weighted by Crippen LogP contribution is -2.45. The molecule has 0 aliphatic heterocycles. The number of para-hydroxylation sites is 1. The Hall–Kier alpha value is -4.65. The highest BCUT2D eigenvalue weighted by Crippen LogP contribution is 2.25. The van der Waals surface area contributed by atoms with Crippen LogP contribution in [0.1, 0.15) is 22.7 Å². The first-order valence-electron chi connectivity index (χ1n) is 12.2. The van der Waals surface area contributed by atoms with Crippen LogP contribution in [0.2, 0.25) is 0 Å². The van der Waals surface area contributed by atoms with Gasteiger partial charge >= 0.3 is 0 Å². The van der Waals surface area contributed by atoms with Crippen LogP contribution in [0.4, 0.5) is 4.39 Å². The van der Waals surface area contributed by atoms with E-state index in [-0.39, 0.29) is 37.3 Å². The fourth-order valence-corrected chi connectivity index (χ4v) is 3.99. The average molecular weight is 513 g/mol. The summed E-state index contributed by atoms with van der Waals surface area (Å²) >= 11 is 0. The molecule has 0 heterocycles. The van der Waals surface area contributed by atoms with Crippen LogP contribution >= 0.6 is 0 Å². The zero-order valence-corrected chi connectivity index (χ0v) is 21.0. The maximum Gasteiger partial charge on any atom is 0.261 e. The molecular formula is C31H29FN2O4. The molecule has 0 saturated heterocycles. The topological polar surface area (TPSA) is 67.9 Å². The molecule has 194 valence electrons. The van der Waals surface area contributed by atoms with Crippen molar-refractivity contribution in [2.45, 2.75) is 19.1 Å². The van der Waals surface area contributed by atoms with Gasteiger partial charge in [-0.3, -0.25) is 9.59 Å². The van der Waals surface area contributed by atoms with Gasteiger partial charge < -0.3 is 19.7 Å². The second kappa shape index (κ2) is 13.1. The van der Waals surface area contributed by atoms with Crippen molar-refractivity contribution in [3.05, 3.63) is 132 Å². The van der Waals surface area contributed by atoms with E-state index < -0.39 is 6.04 Å². The third-order valence-electron chi connectivity index (χ3n) is 5.99. The van der Waals surface area contributed by atoms with Gasteiger partial charge in [0, 0.05) is 13.1 Å². The highest BCUT2D eigenvalue weighted by molar-refractivity contribution is 5.89. The average Bonchev–Trinajstić information content (AvgIpc) is 2.97. The van der Waals surface area contributed by atoms with Crippen molar-refractivity contribution in [2.75, 3.05) is 13.7 Å². The number of carbonyl (C=O) groups excluding carboxylic acids is 2. The summed E-state index contributed by atoms with van der Waals surface area (Å²) in [4.78, 5) is 28.7. The summed E-state index contributed by atoms with van der Waals surface area (Å²) in [5.74, 6) is 0.157. The maximum atomic E-state index is 13.7. The van der Waals surface area contributed by atoms with Gasteiger partial charge in [-0.2, -0.15) is 0 Å². The molecule has 38 heavy (non-hydrogen) atoms. The summed E-state index contributed by atoms with van der Waals surface area (Å²) in [5.41, 5.74) is 2.22. The lowest BCUT2D eigenvalue weighted by atomic mass is 10.0. The summed E-state index contributed by atoms with van der Waals surface area (Å²) in [7, 11) is 1.59. The van der Waals surface area contributed by atoms with Crippen LogP contribution in [0.5, 0.6) is 11.5 Å². The van der Waals surface area contributed by atoms with Crippen LogP contribution < -0.4 is 14.8 Å². The zero-order chi connectivity index (χ0) is 26.7. The molecule has 0 aromatic heterocycles. The van der Waals surface area contributed by atoms with Gasteiger partial charge in [-0.25, -0.2) is 4.39 Å². The van der Waals surface area contributed by atoms with E-state index >= 15 is 0 Å². The number of nitrogens with zero attached hydrogens (tertiary/aromatic N) is 1. The smallest absolute Gasteiger partial charge is 0.261 e. The van der Waals surface area contributed by atoms with Crippen molar-refractivity contribution in [1.29, 1.82) is 0 Å². The SMILES string of the molecule is COc1ccc(CNC(=O)C(c2ccccc2)N(Cc2ccc(F)cc2)C(=O)COc2ccccc2)cc1. The van der Waals surface area contributed by atoms with E-state index in [0.717, 1.165) is 11.3 Å². The second-order valence-corrected chi connectivity index (χ2v) is 8.63. The van der Waals surface area contributed by atoms with Crippen molar-refractivity contribution < 1.29 is 23.5 Å². The predicted octanol–water partition coefficient (Wildman–Crippen LogP) is 5.30. The highest BCUT2D eigenvalue weighted by Gasteiger charge is 2.31. The first-order valence-corrected chi connectivity index (χ1v) is 12.2. The van der Waals surface area contributed by atoms with E-state index in [0.29, 0.717) is 16.9 Å². The number of ether oxygens (including phenoxy) is 2. The van der Waals surface area contributed by atoms with Gasteiger partial charge in [-0.05, 0) is 53.1 Å². The Morgan fingerprint density at radius 1 is 0.789 bits per heavy atom. The molecule has 1 unspecified atom stereocenters. The van der Waals surface area contributed by atoms with Gasteiger partial charge in [0.1, 0.15) is 23.4 Å². The summed E-state index contributed by atoms with van der Waals surface area (Å²) < 4.78 is 24.5. The molecule has 4 aromatic carbocycles. The summed E-state index contributed by atoms with van der Waals surface area (Å²) in [6.07, 6.45) is 0. The minimum Gasteiger partial charge on any atom is -0.497 e. The van der Waals surface area contributed by atoms with Gasteiger partial charge in [-0.1, -0.05) is 72.8 Å². The number of halogens is 1. The number of nitrogens with one attached hydrogen (secondary N) is 1. The molecule has 4 aromatic rings. The molecule has 0 bridgehead atoms. The first-order chi connectivity index (χ1) is 18.5. The normalized spacial score (nSPS) is 11.3. The van der Waals surface area contributed by atoms with Crippen molar-refractivity contribution in [3.8, 4) is 11.5 Å². The highest BCUT2D eigenvalue weighted by atomic mass is 19.1. The van der Waals surface area contributed by atoms with Crippen LogP contribution in [0, 0.1) is 5.82 Å². The first kappa shape index (κ1) is 26.4.